The Morgan fingerprint density at radius 2 is 1.91 bits per heavy atom. The van der Waals surface area contributed by atoms with Gasteiger partial charge < -0.3 is 14.8 Å². The number of benzene rings is 2. The van der Waals surface area contributed by atoms with Crippen LogP contribution in [0.5, 0.6) is 5.75 Å². The molecule has 0 aliphatic rings. The molecule has 114 valence electrons. The molecule has 2 aromatic rings. The molecular formula is C17H16FNO3. The lowest BCUT2D eigenvalue weighted by atomic mass is 10.2. The Hall–Kier alpha value is -2.66. The smallest absolute Gasteiger partial charge is 0.248 e. The Bertz CT molecular complexity index is 653. The van der Waals surface area contributed by atoms with Crippen molar-refractivity contribution in [2.75, 3.05) is 19.2 Å². The first kappa shape index (κ1) is 15.7. The molecule has 0 atom stereocenters. The van der Waals surface area contributed by atoms with Crippen molar-refractivity contribution < 1.29 is 18.7 Å². The van der Waals surface area contributed by atoms with Crippen LogP contribution in [0.15, 0.2) is 54.6 Å². The van der Waals surface area contributed by atoms with Gasteiger partial charge in [-0.3, -0.25) is 4.79 Å². The molecule has 0 radical (unpaired) electrons. The molecule has 22 heavy (non-hydrogen) atoms. The van der Waals surface area contributed by atoms with E-state index >= 15 is 0 Å². The Kier molecular flexibility index (Phi) is 5.68. The Balaban J connectivity index is 1.93. The molecule has 0 unspecified atom stereocenters. The summed E-state index contributed by atoms with van der Waals surface area (Å²) in [4.78, 5) is 11.7. The second-order valence-electron chi connectivity index (χ2n) is 4.42. The fraction of sp³-hybridized carbons (Fsp3) is 0.118. The van der Waals surface area contributed by atoms with Crippen LogP contribution in [-0.2, 0) is 9.53 Å². The minimum atomic E-state index is -0.469. The van der Waals surface area contributed by atoms with Crippen molar-refractivity contribution in [3.8, 4) is 5.75 Å². The van der Waals surface area contributed by atoms with Gasteiger partial charge in [-0.25, -0.2) is 4.39 Å². The summed E-state index contributed by atoms with van der Waals surface area (Å²) in [6.07, 6.45) is 2.98. The predicted octanol–water partition coefficient (Wildman–Crippen LogP) is 3.46. The van der Waals surface area contributed by atoms with Crippen molar-refractivity contribution in [3.63, 3.8) is 0 Å². The molecule has 0 bridgehead atoms. The molecule has 5 heteroatoms. The van der Waals surface area contributed by atoms with Crippen LogP contribution in [0.25, 0.3) is 6.08 Å². The van der Waals surface area contributed by atoms with Gasteiger partial charge in [-0.15, -0.1) is 0 Å². The molecular weight excluding hydrogens is 285 g/mol. The van der Waals surface area contributed by atoms with Gasteiger partial charge in [0.25, 0.3) is 0 Å². The summed E-state index contributed by atoms with van der Waals surface area (Å²) in [6, 6.07) is 13.2. The van der Waals surface area contributed by atoms with Crippen molar-refractivity contribution in [1.29, 1.82) is 0 Å². The molecule has 2 rings (SSSR count). The number of para-hydroxylation sites is 1. The fourth-order valence-electron chi connectivity index (χ4n) is 1.71. The highest BCUT2D eigenvalue weighted by Crippen LogP contribution is 2.14. The lowest BCUT2D eigenvalue weighted by Gasteiger charge is -2.04. The molecule has 0 saturated carbocycles. The predicted molar refractivity (Wildman–Crippen MR) is 83.0 cm³/mol. The van der Waals surface area contributed by atoms with E-state index in [4.69, 9.17) is 9.47 Å². The molecule has 1 N–H and O–H groups in total. The van der Waals surface area contributed by atoms with Crippen LogP contribution in [0.1, 0.15) is 5.56 Å². The molecule has 0 aromatic heterocycles. The van der Waals surface area contributed by atoms with Gasteiger partial charge in [-0.2, -0.15) is 0 Å². The molecule has 1 amide bonds. The molecule has 4 nitrogen and oxygen atoms in total. The maximum Gasteiger partial charge on any atom is 0.248 e. The third-order valence-electron chi connectivity index (χ3n) is 2.78. The summed E-state index contributed by atoms with van der Waals surface area (Å²) in [6.45, 7) is 0.181. The first-order chi connectivity index (χ1) is 10.7. The average molecular weight is 301 g/mol. The van der Waals surface area contributed by atoms with Crippen LogP contribution >= 0.6 is 0 Å². The summed E-state index contributed by atoms with van der Waals surface area (Å²) < 4.78 is 23.5. The number of rotatable bonds is 6. The third kappa shape index (κ3) is 4.71. The number of hydrogen-bond acceptors (Lipinski definition) is 3. The average Bonchev–Trinajstić information content (AvgIpc) is 2.54. The molecule has 0 heterocycles. The van der Waals surface area contributed by atoms with E-state index in [9.17, 15) is 9.18 Å². The van der Waals surface area contributed by atoms with Gasteiger partial charge in [0.1, 0.15) is 11.6 Å². The van der Waals surface area contributed by atoms with E-state index in [-0.39, 0.29) is 12.5 Å². The summed E-state index contributed by atoms with van der Waals surface area (Å²) in [5.41, 5.74) is 0.980. The minimum Gasteiger partial charge on any atom is -0.468 e. The second-order valence-corrected chi connectivity index (χ2v) is 4.42. The largest absolute Gasteiger partial charge is 0.468 e. The number of hydrogen-bond donors (Lipinski definition) is 1. The number of anilines is 1. The summed E-state index contributed by atoms with van der Waals surface area (Å²) >= 11 is 0. The third-order valence-corrected chi connectivity index (χ3v) is 2.78. The van der Waals surface area contributed by atoms with Gasteiger partial charge in [0.05, 0.1) is 5.69 Å². The Morgan fingerprint density at radius 1 is 1.18 bits per heavy atom. The van der Waals surface area contributed by atoms with Crippen LogP contribution in [-0.4, -0.2) is 19.8 Å². The van der Waals surface area contributed by atoms with E-state index < -0.39 is 11.7 Å². The van der Waals surface area contributed by atoms with Crippen LogP contribution in [0.3, 0.4) is 0 Å². The van der Waals surface area contributed by atoms with Crippen molar-refractivity contribution in [1.82, 2.24) is 0 Å². The van der Waals surface area contributed by atoms with Crippen LogP contribution in [0, 0.1) is 5.82 Å². The van der Waals surface area contributed by atoms with E-state index in [0.717, 1.165) is 5.56 Å². The zero-order valence-electron chi connectivity index (χ0n) is 12.1. The SMILES string of the molecule is COCOc1ccc(/C=C/C(=O)Nc2ccccc2F)cc1. The first-order valence-electron chi connectivity index (χ1n) is 6.64. The number of methoxy groups -OCH3 is 1. The van der Waals surface area contributed by atoms with Crippen molar-refractivity contribution in [3.05, 3.63) is 66.0 Å². The second kappa shape index (κ2) is 7.95. The molecule has 0 aliphatic carbocycles. The standard InChI is InChI=1S/C17H16FNO3/c1-21-12-22-14-9-6-13(7-10-14)8-11-17(20)19-16-5-3-2-4-15(16)18/h2-11H,12H2,1H3,(H,19,20)/b11-8+. The number of nitrogens with one attached hydrogen (secondary N) is 1. The van der Waals surface area contributed by atoms with Gasteiger partial charge in [0, 0.05) is 13.2 Å². The molecule has 0 aliphatic heterocycles. The first-order valence-corrected chi connectivity index (χ1v) is 6.64. The summed E-state index contributed by atoms with van der Waals surface area (Å²) in [5, 5.41) is 2.48. The lowest BCUT2D eigenvalue weighted by molar-refractivity contribution is -0.111. The molecule has 2 aromatic carbocycles. The maximum absolute atomic E-state index is 13.4. The molecule has 0 saturated heterocycles. The molecule has 0 spiro atoms. The van der Waals surface area contributed by atoms with Gasteiger partial charge >= 0.3 is 0 Å². The van der Waals surface area contributed by atoms with Crippen LogP contribution < -0.4 is 10.1 Å². The lowest BCUT2D eigenvalue weighted by Crippen LogP contribution is -2.08. The van der Waals surface area contributed by atoms with Gasteiger partial charge in [-0.1, -0.05) is 24.3 Å². The number of carbonyl (C=O) groups is 1. The maximum atomic E-state index is 13.4. The number of ether oxygens (including phenoxy) is 2. The van der Waals surface area contributed by atoms with Crippen molar-refractivity contribution >= 4 is 17.7 Å². The zero-order valence-corrected chi connectivity index (χ0v) is 12.1. The van der Waals surface area contributed by atoms with Crippen molar-refractivity contribution in [2.24, 2.45) is 0 Å². The highest BCUT2D eigenvalue weighted by Gasteiger charge is 2.02. The summed E-state index contributed by atoms with van der Waals surface area (Å²) in [7, 11) is 1.55. The Labute approximate surface area is 128 Å². The number of amides is 1. The van der Waals surface area contributed by atoms with E-state index in [1.54, 1.807) is 49.6 Å². The Morgan fingerprint density at radius 3 is 2.59 bits per heavy atom. The fourth-order valence-corrected chi connectivity index (χ4v) is 1.71. The topological polar surface area (TPSA) is 47.6 Å². The van der Waals surface area contributed by atoms with Crippen LogP contribution in [0.4, 0.5) is 10.1 Å². The van der Waals surface area contributed by atoms with E-state index in [0.29, 0.717) is 5.75 Å². The van der Waals surface area contributed by atoms with Crippen LogP contribution in [0.2, 0.25) is 0 Å². The normalized spacial score (nSPS) is 10.6. The van der Waals surface area contributed by atoms with Crippen molar-refractivity contribution in [2.45, 2.75) is 0 Å². The highest BCUT2D eigenvalue weighted by molar-refractivity contribution is 6.01. The van der Waals surface area contributed by atoms with E-state index in [1.165, 1.54) is 18.2 Å². The number of carbonyl (C=O) groups excluding carboxylic acids is 1. The quantitative estimate of drug-likeness (QED) is 0.656. The van der Waals surface area contributed by atoms with Gasteiger partial charge in [0.2, 0.25) is 5.91 Å². The molecule has 0 fully saturated rings. The van der Waals surface area contributed by atoms with E-state index in [1.807, 2.05) is 0 Å². The monoisotopic (exact) mass is 301 g/mol. The zero-order chi connectivity index (χ0) is 15.8. The van der Waals surface area contributed by atoms with Gasteiger partial charge in [0.15, 0.2) is 6.79 Å². The number of halogens is 1. The highest BCUT2D eigenvalue weighted by atomic mass is 19.1. The summed E-state index contributed by atoms with van der Waals surface area (Å²) in [5.74, 6) is -0.191. The van der Waals surface area contributed by atoms with E-state index in [2.05, 4.69) is 5.32 Å². The minimum absolute atomic E-state index is 0.153. The van der Waals surface area contributed by atoms with Gasteiger partial charge in [-0.05, 0) is 35.9 Å².